The van der Waals surface area contributed by atoms with Crippen molar-refractivity contribution in [3.8, 4) is 0 Å². The molecule has 134 valence electrons. The van der Waals surface area contributed by atoms with E-state index in [9.17, 15) is 0 Å². The molecule has 9 aliphatic carbocycles. The summed E-state index contributed by atoms with van der Waals surface area (Å²) < 4.78 is 0. The van der Waals surface area contributed by atoms with E-state index < -0.39 is 0 Å². The predicted octanol–water partition coefficient (Wildman–Crippen LogP) is 7.17. The van der Waals surface area contributed by atoms with E-state index >= 15 is 0 Å². The molecule has 9 rings (SSSR count). The smallest absolute Gasteiger partial charge is 0.0201 e. The van der Waals surface area contributed by atoms with Gasteiger partial charge in [-0.05, 0) is 106 Å². The normalized spacial score (nSPS) is 46.5. The second-order valence-electron chi connectivity index (χ2n) is 10.1. The topological polar surface area (TPSA) is 0 Å². The van der Waals surface area contributed by atoms with Crippen molar-refractivity contribution in [3.05, 3.63) is 23.8 Å². The van der Waals surface area contributed by atoms with E-state index in [1.807, 2.05) is 0 Å². The minimum Gasteiger partial charge on any atom is -0.0996 e. The van der Waals surface area contributed by atoms with E-state index in [-0.39, 0.29) is 0 Å². The van der Waals surface area contributed by atoms with E-state index in [2.05, 4.69) is 26.5 Å². The summed E-state index contributed by atoms with van der Waals surface area (Å²) in [5.74, 6) is 7.53. The van der Waals surface area contributed by atoms with Crippen LogP contribution in [0.4, 0.5) is 0 Å². The molecule has 1 atom stereocenters. The maximum atomic E-state index is 4.03. The lowest BCUT2D eigenvalue weighted by Gasteiger charge is -2.45. The second kappa shape index (κ2) is 7.00. The van der Waals surface area contributed by atoms with Crippen LogP contribution in [0.2, 0.25) is 0 Å². The fraction of sp³-hybridized carbons (Fsp3) is 0.833. The van der Waals surface area contributed by atoms with Gasteiger partial charge in [0.05, 0.1) is 0 Å². The van der Waals surface area contributed by atoms with Gasteiger partial charge in [0.15, 0.2) is 0 Å². The number of hydrogen-bond donors (Lipinski definition) is 0. The summed E-state index contributed by atoms with van der Waals surface area (Å²) in [6.45, 7) is 8.73. The van der Waals surface area contributed by atoms with Crippen LogP contribution in [0.15, 0.2) is 23.8 Å². The SMILES string of the molecule is C=C1CCC2CC1C2.CC1=CCC2CC1C2.CC1CCC2CC1C2. The Morgan fingerprint density at radius 3 is 1.75 bits per heavy atom. The van der Waals surface area contributed by atoms with Crippen LogP contribution in [0, 0.1) is 41.4 Å². The van der Waals surface area contributed by atoms with E-state index in [0.29, 0.717) is 0 Å². The Balaban J connectivity index is 0.0000000911. The van der Waals surface area contributed by atoms with Crippen LogP contribution in [-0.4, -0.2) is 0 Å². The number of hydrogen-bond acceptors (Lipinski definition) is 0. The van der Waals surface area contributed by atoms with E-state index in [1.165, 1.54) is 63.4 Å². The van der Waals surface area contributed by atoms with E-state index in [0.717, 1.165) is 41.4 Å². The monoisotopic (exact) mass is 326 g/mol. The molecule has 24 heavy (non-hydrogen) atoms. The average Bonchev–Trinajstić information content (AvgIpc) is 2.45. The Bertz CT molecular complexity index is 472. The molecule has 0 aromatic heterocycles. The molecule has 0 N–H and O–H groups in total. The van der Waals surface area contributed by atoms with Gasteiger partial charge in [0.1, 0.15) is 0 Å². The average molecular weight is 327 g/mol. The zero-order valence-corrected chi connectivity index (χ0v) is 16.1. The van der Waals surface area contributed by atoms with Gasteiger partial charge in [0.2, 0.25) is 0 Å². The summed E-state index contributed by atoms with van der Waals surface area (Å²) in [5, 5.41) is 0. The van der Waals surface area contributed by atoms with Gasteiger partial charge in [-0.3, -0.25) is 0 Å². The van der Waals surface area contributed by atoms with Gasteiger partial charge in [-0.25, -0.2) is 0 Å². The molecule has 0 aromatic carbocycles. The molecule has 0 radical (unpaired) electrons. The van der Waals surface area contributed by atoms with Gasteiger partial charge >= 0.3 is 0 Å². The Morgan fingerprint density at radius 1 is 0.833 bits per heavy atom. The summed E-state index contributed by atoms with van der Waals surface area (Å²) in [4.78, 5) is 0. The van der Waals surface area contributed by atoms with Crippen LogP contribution in [-0.2, 0) is 0 Å². The highest BCUT2D eigenvalue weighted by Crippen LogP contribution is 2.49. The molecule has 0 heterocycles. The van der Waals surface area contributed by atoms with E-state index in [4.69, 9.17) is 0 Å². The largest absolute Gasteiger partial charge is 0.0996 e. The van der Waals surface area contributed by atoms with Crippen molar-refractivity contribution in [2.24, 2.45) is 41.4 Å². The molecular weight excluding hydrogens is 288 g/mol. The van der Waals surface area contributed by atoms with Gasteiger partial charge in [0.25, 0.3) is 0 Å². The first-order valence-corrected chi connectivity index (χ1v) is 10.9. The third-order valence-corrected chi connectivity index (χ3v) is 8.45. The molecule has 0 saturated heterocycles. The molecule has 0 heteroatoms. The van der Waals surface area contributed by atoms with Crippen LogP contribution in [0.5, 0.6) is 0 Å². The van der Waals surface area contributed by atoms with Crippen LogP contribution in [0.3, 0.4) is 0 Å². The van der Waals surface area contributed by atoms with Crippen molar-refractivity contribution >= 4 is 0 Å². The summed E-state index contributed by atoms with van der Waals surface area (Å²) in [5.41, 5.74) is 3.19. The van der Waals surface area contributed by atoms with Crippen LogP contribution in [0.1, 0.15) is 84.5 Å². The molecule has 0 spiro atoms. The highest BCUT2D eigenvalue weighted by Gasteiger charge is 2.37. The Hall–Kier alpha value is -0.520. The Labute approximate surface area is 150 Å². The summed E-state index contributed by atoms with van der Waals surface area (Å²) in [6.07, 6.45) is 18.7. The molecule has 0 aliphatic heterocycles. The first-order valence-electron chi connectivity index (χ1n) is 10.9. The van der Waals surface area contributed by atoms with Gasteiger partial charge in [-0.1, -0.05) is 43.6 Å². The molecule has 1 unspecified atom stereocenters. The summed E-state index contributed by atoms with van der Waals surface area (Å²) >= 11 is 0. The van der Waals surface area contributed by atoms with E-state index in [1.54, 1.807) is 18.4 Å². The highest BCUT2D eigenvalue weighted by molar-refractivity contribution is 5.14. The number of allylic oxidation sites excluding steroid dienone is 3. The molecular formula is C24H38. The molecule has 0 nitrogen and oxygen atoms in total. The molecule has 7 fully saturated rings. The lowest BCUT2D eigenvalue weighted by atomic mass is 9.61. The Kier molecular flexibility index (Phi) is 4.94. The van der Waals surface area contributed by atoms with Gasteiger partial charge in [0, 0.05) is 0 Å². The second-order valence-corrected chi connectivity index (χ2v) is 10.1. The van der Waals surface area contributed by atoms with Gasteiger partial charge < -0.3 is 0 Å². The van der Waals surface area contributed by atoms with Gasteiger partial charge in [-0.15, -0.1) is 0 Å². The standard InChI is InChI=1S/C8H14.2C8H12/c3*1-6-2-3-7-4-8(6)5-7/h6-8H,2-5H2,1H3;2,7-8H,3-5H2,1H3;7-8H,1-5H2. The van der Waals surface area contributed by atoms with Crippen molar-refractivity contribution in [1.29, 1.82) is 0 Å². The van der Waals surface area contributed by atoms with Crippen LogP contribution < -0.4 is 0 Å². The lowest BCUT2D eigenvalue weighted by Crippen LogP contribution is -2.34. The van der Waals surface area contributed by atoms with Crippen molar-refractivity contribution < 1.29 is 0 Å². The summed E-state index contributed by atoms with van der Waals surface area (Å²) in [7, 11) is 0. The third kappa shape index (κ3) is 3.54. The molecule has 0 aromatic rings. The molecule has 7 saturated carbocycles. The first kappa shape index (κ1) is 16.9. The van der Waals surface area contributed by atoms with Gasteiger partial charge in [-0.2, -0.15) is 0 Å². The van der Waals surface area contributed by atoms with Crippen molar-refractivity contribution in [3.63, 3.8) is 0 Å². The highest BCUT2D eigenvalue weighted by atomic mass is 14.4. The van der Waals surface area contributed by atoms with Crippen molar-refractivity contribution in [2.45, 2.75) is 84.5 Å². The van der Waals surface area contributed by atoms with Crippen molar-refractivity contribution in [2.75, 3.05) is 0 Å². The maximum absolute atomic E-state index is 4.03. The van der Waals surface area contributed by atoms with Crippen LogP contribution in [0.25, 0.3) is 0 Å². The fourth-order valence-electron chi connectivity index (χ4n) is 5.94. The maximum Gasteiger partial charge on any atom is -0.0201 e. The first-order chi connectivity index (χ1) is 11.6. The summed E-state index contributed by atoms with van der Waals surface area (Å²) in [6, 6.07) is 0. The van der Waals surface area contributed by atoms with Crippen LogP contribution >= 0.6 is 0 Å². The quantitative estimate of drug-likeness (QED) is 0.414. The zero-order valence-electron chi connectivity index (χ0n) is 16.1. The lowest BCUT2D eigenvalue weighted by molar-refractivity contribution is 0.0599. The minimum absolute atomic E-state index is 0.953. The molecule has 6 bridgehead atoms. The molecule has 0 amide bonds. The number of rotatable bonds is 0. The predicted molar refractivity (Wildman–Crippen MR) is 104 cm³/mol. The minimum atomic E-state index is 0.953. The zero-order chi connectivity index (χ0) is 16.7. The number of fused-ring (bicyclic) bond motifs is 5. The fourth-order valence-corrected chi connectivity index (χ4v) is 5.94. The third-order valence-electron chi connectivity index (χ3n) is 8.45. The van der Waals surface area contributed by atoms with Crippen molar-refractivity contribution in [1.82, 2.24) is 0 Å². The Morgan fingerprint density at radius 2 is 1.50 bits per heavy atom. The molecule has 9 aliphatic rings.